The van der Waals surface area contributed by atoms with Crippen LogP contribution in [0.4, 0.5) is 0 Å². The van der Waals surface area contributed by atoms with Crippen LogP contribution in [0.15, 0.2) is 12.1 Å². The summed E-state index contributed by atoms with van der Waals surface area (Å²) < 4.78 is 0. The molecule has 1 aliphatic rings. The van der Waals surface area contributed by atoms with E-state index in [1.54, 1.807) is 0 Å². The molecule has 1 fully saturated rings. The Kier molecular flexibility index (Phi) is 5.43. The summed E-state index contributed by atoms with van der Waals surface area (Å²) in [5, 5.41) is 0. The van der Waals surface area contributed by atoms with Gasteiger partial charge in [0.05, 0.1) is 6.04 Å². The molecule has 1 aromatic heterocycles. The molecule has 2 unspecified atom stereocenters. The lowest BCUT2D eigenvalue weighted by Crippen LogP contribution is -2.41. The van der Waals surface area contributed by atoms with Crippen LogP contribution in [-0.2, 0) is 0 Å². The quantitative estimate of drug-likeness (QED) is 0.781. The SMILES string of the molecule is CCCN(CC1CC1)C(c1ccc(C)s1)C(N)CC. The molecule has 0 spiro atoms. The number of aryl methyl sites for hydroxylation is 1. The van der Waals surface area contributed by atoms with E-state index in [9.17, 15) is 0 Å². The summed E-state index contributed by atoms with van der Waals surface area (Å²) in [5.74, 6) is 0.930. The van der Waals surface area contributed by atoms with Crippen LogP contribution >= 0.6 is 11.3 Å². The fourth-order valence-electron chi connectivity index (χ4n) is 2.76. The highest BCUT2D eigenvalue weighted by molar-refractivity contribution is 7.12. The van der Waals surface area contributed by atoms with Crippen LogP contribution in [-0.4, -0.2) is 24.0 Å². The lowest BCUT2D eigenvalue weighted by molar-refractivity contribution is 0.164. The molecule has 1 aromatic rings. The van der Waals surface area contributed by atoms with Crippen molar-refractivity contribution >= 4 is 11.3 Å². The van der Waals surface area contributed by atoms with Crippen LogP contribution in [0, 0.1) is 12.8 Å². The van der Waals surface area contributed by atoms with Gasteiger partial charge in [0.25, 0.3) is 0 Å². The average molecular weight is 280 g/mol. The molecule has 0 aromatic carbocycles. The molecule has 0 amide bonds. The standard InChI is InChI=1S/C16H28N2S/c1-4-10-18(11-13-7-8-13)16(14(17)5-2)15-9-6-12(3)19-15/h6,9,13-14,16H,4-5,7-8,10-11,17H2,1-3H3. The lowest BCUT2D eigenvalue weighted by Gasteiger charge is -2.34. The molecular weight excluding hydrogens is 252 g/mol. The zero-order valence-corrected chi connectivity index (χ0v) is 13.4. The maximum atomic E-state index is 6.45. The van der Waals surface area contributed by atoms with E-state index in [0.29, 0.717) is 6.04 Å². The van der Waals surface area contributed by atoms with E-state index >= 15 is 0 Å². The number of hydrogen-bond donors (Lipinski definition) is 1. The van der Waals surface area contributed by atoms with Crippen LogP contribution < -0.4 is 5.73 Å². The topological polar surface area (TPSA) is 29.3 Å². The van der Waals surface area contributed by atoms with E-state index in [2.05, 4.69) is 37.8 Å². The Bertz CT molecular complexity index is 384. The van der Waals surface area contributed by atoms with Crippen molar-refractivity contribution in [3.8, 4) is 0 Å². The first-order chi connectivity index (χ1) is 9.15. The molecule has 2 atom stereocenters. The number of nitrogens with zero attached hydrogens (tertiary/aromatic N) is 1. The second-order valence-electron chi connectivity index (χ2n) is 5.90. The Labute approximate surface area is 122 Å². The van der Waals surface area contributed by atoms with Crippen molar-refractivity contribution < 1.29 is 0 Å². The van der Waals surface area contributed by atoms with Gasteiger partial charge in [-0.3, -0.25) is 4.90 Å². The van der Waals surface area contributed by atoms with Gasteiger partial charge in [0.1, 0.15) is 0 Å². The maximum Gasteiger partial charge on any atom is 0.0593 e. The minimum Gasteiger partial charge on any atom is -0.326 e. The minimum atomic E-state index is 0.253. The highest BCUT2D eigenvalue weighted by Gasteiger charge is 2.31. The van der Waals surface area contributed by atoms with Gasteiger partial charge in [-0.05, 0) is 57.2 Å². The molecule has 2 rings (SSSR count). The third-order valence-electron chi connectivity index (χ3n) is 4.02. The van der Waals surface area contributed by atoms with Crippen molar-refractivity contribution in [3.05, 3.63) is 21.9 Å². The Morgan fingerprint density at radius 3 is 2.58 bits per heavy atom. The van der Waals surface area contributed by atoms with Crippen molar-refractivity contribution in [2.45, 2.75) is 58.5 Å². The second kappa shape index (κ2) is 6.87. The zero-order chi connectivity index (χ0) is 13.8. The number of thiophene rings is 1. The van der Waals surface area contributed by atoms with Crippen molar-refractivity contribution in [3.63, 3.8) is 0 Å². The molecule has 1 heterocycles. The molecule has 2 N–H and O–H groups in total. The van der Waals surface area contributed by atoms with Crippen molar-refractivity contribution in [1.29, 1.82) is 0 Å². The number of nitrogens with two attached hydrogens (primary N) is 1. The second-order valence-corrected chi connectivity index (χ2v) is 7.22. The maximum absolute atomic E-state index is 6.45. The van der Waals surface area contributed by atoms with Crippen LogP contribution in [0.1, 0.15) is 55.3 Å². The van der Waals surface area contributed by atoms with Gasteiger partial charge < -0.3 is 5.73 Å². The summed E-state index contributed by atoms with van der Waals surface area (Å²) >= 11 is 1.92. The zero-order valence-electron chi connectivity index (χ0n) is 12.6. The van der Waals surface area contributed by atoms with Crippen molar-refractivity contribution in [2.75, 3.05) is 13.1 Å². The Morgan fingerprint density at radius 1 is 1.37 bits per heavy atom. The van der Waals surface area contributed by atoms with Gasteiger partial charge in [0.2, 0.25) is 0 Å². The van der Waals surface area contributed by atoms with Crippen LogP contribution in [0.3, 0.4) is 0 Å². The predicted octanol–water partition coefficient (Wildman–Crippen LogP) is 3.96. The molecule has 0 aliphatic heterocycles. The summed E-state index contributed by atoms with van der Waals surface area (Å²) in [6.07, 6.45) is 5.09. The lowest BCUT2D eigenvalue weighted by atomic mass is 10.0. The van der Waals surface area contributed by atoms with E-state index in [0.717, 1.165) is 12.3 Å². The Balaban J connectivity index is 2.17. The molecule has 0 bridgehead atoms. The molecular formula is C16H28N2S. The highest BCUT2D eigenvalue weighted by Crippen LogP contribution is 2.36. The van der Waals surface area contributed by atoms with E-state index in [4.69, 9.17) is 5.73 Å². The summed E-state index contributed by atoms with van der Waals surface area (Å²) in [7, 11) is 0. The molecule has 1 aliphatic carbocycles. The first-order valence-corrected chi connectivity index (χ1v) is 8.53. The summed E-state index contributed by atoms with van der Waals surface area (Å²) in [6.45, 7) is 9.08. The number of hydrogen-bond acceptors (Lipinski definition) is 3. The van der Waals surface area contributed by atoms with Crippen LogP contribution in [0.25, 0.3) is 0 Å². The Hall–Kier alpha value is -0.380. The predicted molar refractivity (Wildman–Crippen MR) is 84.7 cm³/mol. The molecule has 0 saturated heterocycles. The van der Waals surface area contributed by atoms with Gasteiger partial charge in [-0.1, -0.05) is 13.8 Å². The van der Waals surface area contributed by atoms with Gasteiger partial charge in [0.15, 0.2) is 0 Å². The largest absolute Gasteiger partial charge is 0.326 e. The summed E-state index contributed by atoms with van der Waals surface area (Å²) in [4.78, 5) is 5.50. The third-order valence-corrected chi connectivity index (χ3v) is 5.09. The fourth-order valence-corrected chi connectivity index (χ4v) is 3.85. The van der Waals surface area contributed by atoms with Gasteiger partial charge in [-0.25, -0.2) is 0 Å². The van der Waals surface area contributed by atoms with Gasteiger partial charge in [-0.15, -0.1) is 11.3 Å². The number of rotatable bonds is 8. The fraction of sp³-hybridized carbons (Fsp3) is 0.750. The van der Waals surface area contributed by atoms with E-state index in [-0.39, 0.29) is 6.04 Å². The minimum absolute atomic E-state index is 0.253. The van der Waals surface area contributed by atoms with Crippen molar-refractivity contribution in [1.82, 2.24) is 4.90 Å². The van der Waals surface area contributed by atoms with E-state index in [1.807, 2.05) is 11.3 Å². The molecule has 1 saturated carbocycles. The molecule has 19 heavy (non-hydrogen) atoms. The van der Waals surface area contributed by atoms with Gasteiger partial charge in [0, 0.05) is 22.3 Å². The third kappa shape index (κ3) is 4.04. The average Bonchev–Trinajstić information content (AvgIpc) is 3.11. The normalized spacial score (nSPS) is 18.8. The summed E-state index contributed by atoms with van der Waals surface area (Å²) in [6, 6.07) is 5.19. The molecule has 0 radical (unpaired) electrons. The molecule has 108 valence electrons. The molecule has 3 heteroatoms. The van der Waals surface area contributed by atoms with Crippen molar-refractivity contribution in [2.24, 2.45) is 11.7 Å². The van der Waals surface area contributed by atoms with E-state index < -0.39 is 0 Å². The summed E-state index contributed by atoms with van der Waals surface area (Å²) in [5.41, 5.74) is 6.45. The van der Waals surface area contributed by atoms with Crippen LogP contribution in [0.5, 0.6) is 0 Å². The van der Waals surface area contributed by atoms with E-state index in [1.165, 1.54) is 42.1 Å². The van der Waals surface area contributed by atoms with Gasteiger partial charge in [-0.2, -0.15) is 0 Å². The van der Waals surface area contributed by atoms with Crippen LogP contribution in [0.2, 0.25) is 0 Å². The highest BCUT2D eigenvalue weighted by atomic mass is 32.1. The smallest absolute Gasteiger partial charge is 0.0593 e. The first-order valence-electron chi connectivity index (χ1n) is 7.71. The first kappa shape index (κ1) is 15.0. The van der Waals surface area contributed by atoms with Gasteiger partial charge >= 0.3 is 0 Å². The Morgan fingerprint density at radius 2 is 2.11 bits per heavy atom. The molecule has 2 nitrogen and oxygen atoms in total. The monoisotopic (exact) mass is 280 g/mol.